The summed E-state index contributed by atoms with van der Waals surface area (Å²) >= 11 is 0. The average molecular weight is 186 g/mol. The monoisotopic (exact) mass is 186 g/mol. The number of quaternary nitrogens is 1. The average Bonchev–Trinajstić information content (AvgIpc) is 2.00. The Hall–Kier alpha value is -0.120. The minimum Gasteiger partial charge on any atom is -0.326 e. The van der Waals surface area contributed by atoms with Gasteiger partial charge in [0.05, 0.1) is 32.2 Å². The maximum Gasteiger partial charge on any atom is 0.101 e. The van der Waals surface area contributed by atoms with Gasteiger partial charge in [-0.1, -0.05) is 0 Å². The van der Waals surface area contributed by atoms with Crippen molar-refractivity contribution in [2.75, 3.05) is 26.7 Å². The number of piperazine rings is 1. The predicted octanol–water partition coefficient (Wildman–Crippen LogP) is 0.160. The summed E-state index contributed by atoms with van der Waals surface area (Å²) in [6.45, 7) is 9.93. The number of nitrogens with two attached hydrogens (primary N) is 1. The molecule has 1 heterocycles. The highest BCUT2D eigenvalue weighted by atomic mass is 15.4. The maximum absolute atomic E-state index is 5.66. The molecule has 0 saturated carbocycles. The fraction of sp³-hybridized carbons (Fsp3) is 1.00. The molecule has 0 aromatic heterocycles. The van der Waals surface area contributed by atoms with Crippen molar-refractivity contribution < 1.29 is 4.48 Å². The second-order valence-corrected chi connectivity index (χ2v) is 4.77. The van der Waals surface area contributed by atoms with E-state index in [9.17, 15) is 0 Å². The second kappa shape index (κ2) is 3.95. The predicted molar refractivity (Wildman–Crippen MR) is 56.5 cm³/mol. The Morgan fingerprint density at radius 3 is 2.54 bits per heavy atom. The van der Waals surface area contributed by atoms with E-state index in [0.29, 0.717) is 18.1 Å². The van der Waals surface area contributed by atoms with E-state index in [1.807, 2.05) is 0 Å². The Bertz CT molecular complexity index is 172. The number of nitrogens with zero attached hydrogens (tertiary/aromatic N) is 1. The van der Waals surface area contributed by atoms with Gasteiger partial charge in [-0.3, -0.25) is 0 Å². The molecule has 4 atom stereocenters. The number of hydrogen-bond acceptors (Lipinski definition) is 2. The van der Waals surface area contributed by atoms with Crippen LogP contribution in [0.4, 0.5) is 0 Å². The molecule has 0 amide bonds. The van der Waals surface area contributed by atoms with Gasteiger partial charge in [-0.2, -0.15) is 0 Å². The van der Waals surface area contributed by atoms with E-state index < -0.39 is 0 Å². The van der Waals surface area contributed by atoms with Crippen molar-refractivity contribution in [3.05, 3.63) is 0 Å². The third kappa shape index (κ3) is 2.22. The molecule has 3 heteroatoms. The molecule has 0 spiro atoms. The molecule has 0 aromatic carbocycles. The summed E-state index contributed by atoms with van der Waals surface area (Å²) in [4.78, 5) is 0. The third-order valence-electron chi connectivity index (χ3n) is 3.59. The molecule has 3 nitrogen and oxygen atoms in total. The summed E-state index contributed by atoms with van der Waals surface area (Å²) < 4.78 is 1.12. The molecule has 4 unspecified atom stereocenters. The summed E-state index contributed by atoms with van der Waals surface area (Å²) in [5, 5.41) is 3.59. The van der Waals surface area contributed by atoms with E-state index in [2.05, 4.69) is 33.1 Å². The van der Waals surface area contributed by atoms with Crippen molar-refractivity contribution in [3.8, 4) is 0 Å². The lowest BCUT2D eigenvalue weighted by Gasteiger charge is -2.49. The first-order valence-corrected chi connectivity index (χ1v) is 5.30. The number of nitrogens with one attached hydrogen (secondary N) is 1. The van der Waals surface area contributed by atoms with E-state index in [4.69, 9.17) is 5.73 Å². The highest BCUT2D eigenvalue weighted by Gasteiger charge is 2.38. The summed E-state index contributed by atoms with van der Waals surface area (Å²) in [7, 11) is 2.32. The lowest BCUT2D eigenvalue weighted by Crippen LogP contribution is -2.69. The van der Waals surface area contributed by atoms with Crippen LogP contribution in [0.25, 0.3) is 0 Å². The van der Waals surface area contributed by atoms with Gasteiger partial charge in [0.1, 0.15) is 6.04 Å². The lowest BCUT2D eigenvalue weighted by atomic mass is 10.0. The summed E-state index contributed by atoms with van der Waals surface area (Å²) in [5.74, 6) is 0. The smallest absolute Gasteiger partial charge is 0.101 e. The van der Waals surface area contributed by atoms with Gasteiger partial charge in [-0.15, -0.1) is 0 Å². The second-order valence-electron chi connectivity index (χ2n) is 4.77. The molecule has 1 aliphatic rings. The van der Waals surface area contributed by atoms with Crippen LogP contribution in [-0.4, -0.2) is 49.3 Å². The Labute approximate surface area is 81.9 Å². The molecular formula is C10H24N3+. The summed E-state index contributed by atoms with van der Waals surface area (Å²) in [6, 6.07) is 1.88. The lowest BCUT2D eigenvalue weighted by molar-refractivity contribution is -0.937. The molecule has 1 aliphatic heterocycles. The van der Waals surface area contributed by atoms with Gasteiger partial charge < -0.3 is 15.5 Å². The van der Waals surface area contributed by atoms with Crippen LogP contribution < -0.4 is 11.1 Å². The molecule has 0 aromatic rings. The zero-order valence-corrected chi connectivity index (χ0v) is 9.38. The van der Waals surface area contributed by atoms with Crippen LogP contribution in [0.3, 0.4) is 0 Å². The SMILES string of the molecule is CC1C[N+](C)(CCN)C(C)C(C)N1. The van der Waals surface area contributed by atoms with Crippen LogP contribution >= 0.6 is 0 Å². The quantitative estimate of drug-likeness (QED) is 0.603. The standard InChI is InChI=1S/C10H24N3/c1-8-7-13(4,6-5-11)10(3)9(2)12-8/h8-10,12H,5-7,11H2,1-4H3/q+1. The van der Waals surface area contributed by atoms with Crippen molar-refractivity contribution in [2.24, 2.45) is 5.73 Å². The Balaban J connectivity index is 2.69. The molecule has 3 N–H and O–H groups in total. The topological polar surface area (TPSA) is 38.0 Å². The van der Waals surface area contributed by atoms with Crippen molar-refractivity contribution in [1.29, 1.82) is 0 Å². The Morgan fingerprint density at radius 2 is 2.00 bits per heavy atom. The first-order valence-electron chi connectivity index (χ1n) is 5.30. The highest BCUT2D eigenvalue weighted by molar-refractivity contribution is 4.79. The van der Waals surface area contributed by atoms with Gasteiger partial charge in [0.2, 0.25) is 0 Å². The first kappa shape index (κ1) is 11.0. The molecule has 1 saturated heterocycles. The Morgan fingerprint density at radius 1 is 1.38 bits per heavy atom. The van der Waals surface area contributed by atoms with Gasteiger partial charge in [-0.25, -0.2) is 0 Å². The van der Waals surface area contributed by atoms with Gasteiger partial charge in [0.15, 0.2) is 0 Å². The minimum atomic E-state index is 0.597. The molecule has 0 radical (unpaired) electrons. The van der Waals surface area contributed by atoms with Crippen molar-refractivity contribution in [3.63, 3.8) is 0 Å². The Kier molecular flexibility index (Phi) is 3.33. The van der Waals surface area contributed by atoms with Crippen LogP contribution in [0.2, 0.25) is 0 Å². The zero-order chi connectivity index (χ0) is 10.1. The van der Waals surface area contributed by atoms with E-state index in [-0.39, 0.29) is 0 Å². The molecular weight excluding hydrogens is 162 g/mol. The van der Waals surface area contributed by atoms with Gasteiger partial charge in [0.25, 0.3) is 0 Å². The summed E-state index contributed by atoms with van der Waals surface area (Å²) in [5.41, 5.74) is 5.66. The van der Waals surface area contributed by atoms with E-state index >= 15 is 0 Å². The fourth-order valence-corrected chi connectivity index (χ4v) is 2.56. The highest BCUT2D eigenvalue weighted by Crippen LogP contribution is 2.19. The first-order chi connectivity index (χ1) is 5.99. The molecule has 78 valence electrons. The van der Waals surface area contributed by atoms with Crippen molar-refractivity contribution in [2.45, 2.75) is 38.9 Å². The van der Waals surface area contributed by atoms with Gasteiger partial charge >= 0.3 is 0 Å². The van der Waals surface area contributed by atoms with Crippen LogP contribution in [0.5, 0.6) is 0 Å². The fourth-order valence-electron chi connectivity index (χ4n) is 2.56. The van der Waals surface area contributed by atoms with Crippen molar-refractivity contribution in [1.82, 2.24) is 5.32 Å². The zero-order valence-electron chi connectivity index (χ0n) is 9.38. The number of hydrogen-bond donors (Lipinski definition) is 2. The molecule has 1 fully saturated rings. The molecule has 13 heavy (non-hydrogen) atoms. The van der Waals surface area contributed by atoms with Crippen molar-refractivity contribution >= 4 is 0 Å². The molecule has 1 rings (SSSR count). The summed E-state index contributed by atoms with van der Waals surface area (Å²) in [6.07, 6.45) is 0. The van der Waals surface area contributed by atoms with E-state index in [0.717, 1.165) is 17.6 Å². The van der Waals surface area contributed by atoms with Crippen LogP contribution in [0.15, 0.2) is 0 Å². The van der Waals surface area contributed by atoms with Gasteiger partial charge in [0, 0.05) is 6.54 Å². The van der Waals surface area contributed by atoms with E-state index in [1.54, 1.807) is 0 Å². The molecule has 0 bridgehead atoms. The van der Waals surface area contributed by atoms with Crippen LogP contribution in [0, 0.1) is 0 Å². The largest absolute Gasteiger partial charge is 0.326 e. The van der Waals surface area contributed by atoms with Crippen LogP contribution in [0.1, 0.15) is 20.8 Å². The normalized spacial score (nSPS) is 46.4. The minimum absolute atomic E-state index is 0.597. The third-order valence-corrected chi connectivity index (χ3v) is 3.59. The molecule has 0 aliphatic carbocycles. The van der Waals surface area contributed by atoms with E-state index in [1.165, 1.54) is 6.54 Å². The number of likely N-dealkylation sites (N-methyl/N-ethyl adjacent to an activating group) is 1. The van der Waals surface area contributed by atoms with Gasteiger partial charge in [-0.05, 0) is 20.8 Å². The van der Waals surface area contributed by atoms with Crippen LogP contribution in [-0.2, 0) is 0 Å². The number of rotatable bonds is 2. The maximum atomic E-state index is 5.66.